The standard InChI is InChI=1S/C28H27F2N5O5.C2H6/c1-33(2)24-7-6-16(13-32-24)35-14-19(28(37)38)26(36)18-11-20(29)22(12-21(18)35)34-10-4-5-17(34)15-40-27-25(30)23(39-3)8-9-31-27;1-2/h6-9,11-14,17H,4-5,10,15H2,1-3H3,(H,37,38);1-2H3/t17-;/m1./s1. The Kier molecular flexibility index (Phi) is 9.24. The van der Waals surface area contributed by atoms with Gasteiger partial charge in [0.2, 0.25) is 11.2 Å². The summed E-state index contributed by atoms with van der Waals surface area (Å²) in [4.78, 5) is 36.8. The molecule has 1 saturated heterocycles. The first-order valence-electron chi connectivity index (χ1n) is 13.5. The number of anilines is 2. The molecule has 0 aliphatic carbocycles. The lowest BCUT2D eigenvalue weighted by atomic mass is 10.1. The lowest BCUT2D eigenvalue weighted by molar-refractivity contribution is 0.0695. The van der Waals surface area contributed by atoms with Gasteiger partial charge in [-0.15, -0.1) is 0 Å². The molecule has 4 aromatic rings. The number of fused-ring (bicyclic) bond motifs is 1. The molecular formula is C30H33F2N5O5. The topological polar surface area (TPSA) is 110 Å². The molecule has 0 radical (unpaired) electrons. The molecule has 1 N–H and O–H groups in total. The van der Waals surface area contributed by atoms with Crippen molar-refractivity contribution in [1.82, 2.24) is 14.5 Å². The van der Waals surface area contributed by atoms with E-state index in [9.17, 15) is 19.1 Å². The highest BCUT2D eigenvalue weighted by Crippen LogP contribution is 2.33. The van der Waals surface area contributed by atoms with Gasteiger partial charge in [-0.25, -0.2) is 19.2 Å². The number of benzene rings is 1. The fourth-order valence-corrected chi connectivity index (χ4v) is 4.87. The van der Waals surface area contributed by atoms with Crippen LogP contribution in [-0.4, -0.2) is 66.0 Å². The Bertz CT molecular complexity index is 1640. The Morgan fingerprint density at radius 1 is 1.17 bits per heavy atom. The number of halogens is 2. The number of carbonyl (C=O) groups is 1. The third-order valence-electron chi connectivity index (χ3n) is 6.91. The average Bonchev–Trinajstić information content (AvgIpc) is 3.46. The summed E-state index contributed by atoms with van der Waals surface area (Å²) < 4.78 is 42.3. The molecule has 42 heavy (non-hydrogen) atoms. The van der Waals surface area contributed by atoms with E-state index >= 15 is 4.39 Å². The molecule has 0 bridgehead atoms. The quantitative estimate of drug-likeness (QED) is 0.311. The monoisotopic (exact) mass is 581 g/mol. The van der Waals surface area contributed by atoms with E-state index in [1.165, 1.54) is 36.2 Å². The van der Waals surface area contributed by atoms with E-state index < -0.39 is 28.6 Å². The van der Waals surface area contributed by atoms with E-state index in [2.05, 4.69) is 9.97 Å². The van der Waals surface area contributed by atoms with E-state index in [-0.39, 0.29) is 35.4 Å². The molecule has 1 aromatic carbocycles. The molecule has 5 rings (SSSR count). The number of hydrogen-bond acceptors (Lipinski definition) is 8. The number of rotatable bonds is 8. The van der Waals surface area contributed by atoms with Crippen molar-refractivity contribution in [1.29, 1.82) is 0 Å². The van der Waals surface area contributed by atoms with Crippen molar-refractivity contribution >= 4 is 28.4 Å². The number of carboxylic acid groups (broad SMARTS) is 1. The lowest BCUT2D eigenvalue weighted by Gasteiger charge is -2.28. The van der Waals surface area contributed by atoms with Gasteiger partial charge >= 0.3 is 5.97 Å². The third-order valence-corrected chi connectivity index (χ3v) is 6.91. The molecule has 3 aromatic heterocycles. The first kappa shape index (κ1) is 30.2. The summed E-state index contributed by atoms with van der Waals surface area (Å²) in [6.07, 6.45) is 5.54. The predicted molar refractivity (Wildman–Crippen MR) is 157 cm³/mol. The van der Waals surface area contributed by atoms with E-state index in [1.807, 2.05) is 32.8 Å². The van der Waals surface area contributed by atoms with E-state index in [1.54, 1.807) is 23.2 Å². The normalized spacial score (nSPS) is 14.4. The zero-order valence-corrected chi connectivity index (χ0v) is 24.1. The van der Waals surface area contributed by atoms with E-state index in [0.29, 0.717) is 30.0 Å². The molecule has 4 heterocycles. The maximum absolute atomic E-state index is 15.6. The van der Waals surface area contributed by atoms with Gasteiger partial charge in [-0.1, -0.05) is 13.8 Å². The predicted octanol–water partition coefficient (Wildman–Crippen LogP) is 4.91. The molecule has 1 fully saturated rings. The first-order chi connectivity index (χ1) is 20.2. The smallest absolute Gasteiger partial charge is 0.341 e. The number of ether oxygens (including phenoxy) is 2. The van der Waals surface area contributed by atoms with Crippen molar-refractivity contribution in [3.63, 3.8) is 0 Å². The van der Waals surface area contributed by atoms with Crippen LogP contribution in [0.2, 0.25) is 0 Å². The summed E-state index contributed by atoms with van der Waals surface area (Å²) in [6.45, 7) is 4.54. The molecule has 222 valence electrons. The van der Waals surface area contributed by atoms with Gasteiger partial charge in [0.05, 0.1) is 36.2 Å². The van der Waals surface area contributed by atoms with Crippen molar-refractivity contribution in [2.24, 2.45) is 0 Å². The average molecular weight is 582 g/mol. The molecule has 10 nitrogen and oxygen atoms in total. The van der Waals surface area contributed by atoms with Crippen LogP contribution < -0.4 is 24.7 Å². The molecule has 1 aliphatic heterocycles. The van der Waals surface area contributed by atoms with E-state index in [4.69, 9.17) is 9.47 Å². The second-order valence-electron chi connectivity index (χ2n) is 9.57. The Balaban J connectivity index is 0.00000198. The zero-order valence-electron chi connectivity index (χ0n) is 24.1. The fourth-order valence-electron chi connectivity index (χ4n) is 4.87. The largest absolute Gasteiger partial charge is 0.493 e. The Morgan fingerprint density at radius 2 is 1.93 bits per heavy atom. The van der Waals surface area contributed by atoms with Crippen LogP contribution in [0, 0.1) is 11.6 Å². The highest BCUT2D eigenvalue weighted by Gasteiger charge is 2.29. The number of methoxy groups -OCH3 is 1. The number of pyridine rings is 3. The van der Waals surface area contributed by atoms with Crippen LogP contribution >= 0.6 is 0 Å². The minimum atomic E-state index is -1.42. The molecule has 0 unspecified atom stereocenters. The maximum atomic E-state index is 15.6. The van der Waals surface area contributed by atoms with Gasteiger partial charge in [0.15, 0.2) is 5.75 Å². The molecule has 1 aliphatic rings. The highest BCUT2D eigenvalue weighted by atomic mass is 19.1. The molecule has 1 atom stereocenters. The van der Waals surface area contributed by atoms with Crippen LogP contribution in [0.5, 0.6) is 11.6 Å². The van der Waals surface area contributed by atoms with Crippen molar-refractivity contribution in [3.05, 3.63) is 76.3 Å². The van der Waals surface area contributed by atoms with Gasteiger partial charge in [-0.2, -0.15) is 4.39 Å². The van der Waals surface area contributed by atoms with Crippen molar-refractivity contribution in [2.45, 2.75) is 32.7 Å². The summed E-state index contributed by atoms with van der Waals surface area (Å²) in [7, 11) is 5.02. The third kappa shape index (κ3) is 5.83. The van der Waals surface area contributed by atoms with Crippen LogP contribution in [0.1, 0.15) is 37.0 Å². The minimum Gasteiger partial charge on any atom is -0.493 e. The molecule has 0 saturated carbocycles. The SMILES string of the molecule is CC.COc1ccnc(OC[C@H]2CCCN2c2cc3c(cc2F)c(=O)c(C(=O)O)cn3-c2ccc(N(C)C)nc2)c1F. The Hall–Kier alpha value is -4.74. The summed E-state index contributed by atoms with van der Waals surface area (Å²) in [5.41, 5.74) is -0.249. The number of hydrogen-bond donors (Lipinski definition) is 1. The second kappa shape index (κ2) is 12.8. The summed E-state index contributed by atoms with van der Waals surface area (Å²) in [6, 6.07) is 7.16. The van der Waals surface area contributed by atoms with Gasteiger partial charge < -0.3 is 28.9 Å². The van der Waals surface area contributed by atoms with E-state index in [0.717, 1.165) is 12.5 Å². The van der Waals surface area contributed by atoms with Gasteiger partial charge in [0.25, 0.3) is 5.88 Å². The number of aromatic nitrogens is 3. The van der Waals surface area contributed by atoms with Gasteiger partial charge in [0.1, 0.15) is 23.8 Å². The molecular weight excluding hydrogens is 548 g/mol. The Labute approximate surface area is 241 Å². The summed E-state index contributed by atoms with van der Waals surface area (Å²) >= 11 is 0. The van der Waals surface area contributed by atoms with Gasteiger partial charge in [0, 0.05) is 44.5 Å². The molecule has 0 spiro atoms. The maximum Gasteiger partial charge on any atom is 0.341 e. The van der Waals surface area contributed by atoms with Gasteiger partial charge in [-0.3, -0.25) is 4.79 Å². The van der Waals surface area contributed by atoms with Crippen LogP contribution in [0.4, 0.5) is 20.3 Å². The Morgan fingerprint density at radius 3 is 2.57 bits per heavy atom. The van der Waals surface area contributed by atoms with Crippen LogP contribution in [0.25, 0.3) is 16.6 Å². The van der Waals surface area contributed by atoms with Gasteiger partial charge in [-0.05, 0) is 37.1 Å². The zero-order chi connectivity index (χ0) is 30.6. The first-order valence-corrected chi connectivity index (χ1v) is 13.5. The number of nitrogens with zero attached hydrogens (tertiary/aromatic N) is 5. The van der Waals surface area contributed by atoms with Crippen molar-refractivity contribution < 1.29 is 28.2 Å². The van der Waals surface area contributed by atoms with Crippen LogP contribution in [-0.2, 0) is 0 Å². The second-order valence-corrected chi connectivity index (χ2v) is 9.57. The molecule has 12 heteroatoms. The van der Waals surface area contributed by atoms with Crippen LogP contribution in [0.15, 0.2) is 53.7 Å². The summed E-state index contributed by atoms with van der Waals surface area (Å²) in [5.74, 6) is -2.36. The molecule has 0 amide bonds. The summed E-state index contributed by atoms with van der Waals surface area (Å²) in [5, 5.41) is 9.58. The number of carboxylic acids is 1. The van der Waals surface area contributed by atoms with Crippen molar-refractivity contribution in [3.8, 4) is 17.3 Å². The number of aromatic carboxylic acids is 1. The lowest BCUT2D eigenvalue weighted by Crippen LogP contribution is -2.35. The highest BCUT2D eigenvalue weighted by molar-refractivity contribution is 5.94. The van der Waals surface area contributed by atoms with Crippen LogP contribution in [0.3, 0.4) is 0 Å². The van der Waals surface area contributed by atoms with Crippen molar-refractivity contribution in [2.75, 3.05) is 44.2 Å². The minimum absolute atomic E-state index is 0.000609. The fraction of sp³-hybridized carbons (Fsp3) is 0.333.